The van der Waals surface area contributed by atoms with Gasteiger partial charge in [0.2, 0.25) is 0 Å². The molecule has 2 aromatic rings. The van der Waals surface area contributed by atoms with Crippen LogP contribution in [0.25, 0.3) is 0 Å². The van der Waals surface area contributed by atoms with Gasteiger partial charge in [0.05, 0.1) is 0 Å². The largest absolute Gasteiger partial charge is 0.466 e. The summed E-state index contributed by atoms with van der Waals surface area (Å²) in [5.74, 6) is 1.16. The molecule has 0 spiro atoms. The molecule has 0 unspecified atom stereocenters. The first-order valence-electron chi connectivity index (χ1n) is 9.85. The zero-order chi connectivity index (χ0) is 20.1. The number of benzene rings is 1. The summed E-state index contributed by atoms with van der Waals surface area (Å²) in [4.78, 5) is 26.6. The van der Waals surface area contributed by atoms with E-state index in [1.54, 1.807) is 6.07 Å². The third-order valence-corrected chi connectivity index (χ3v) is 5.40. The third kappa shape index (κ3) is 5.23. The van der Waals surface area contributed by atoms with E-state index in [9.17, 15) is 9.59 Å². The molecule has 0 atom stereocenters. The van der Waals surface area contributed by atoms with Crippen molar-refractivity contribution < 1.29 is 14.0 Å². The van der Waals surface area contributed by atoms with Crippen LogP contribution in [-0.4, -0.2) is 36.3 Å². The van der Waals surface area contributed by atoms with Gasteiger partial charge in [0, 0.05) is 24.3 Å². The molecule has 2 N–H and O–H groups in total. The van der Waals surface area contributed by atoms with Gasteiger partial charge in [-0.1, -0.05) is 18.2 Å². The van der Waals surface area contributed by atoms with Gasteiger partial charge < -0.3 is 15.1 Å². The predicted octanol–water partition coefficient (Wildman–Crippen LogP) is 3.17. The monoisotopic (exact) mass is 383 g/mol. The lowest BCUT2D eigenvalue weighted by Gasteiger charge is -2.31. The molecule has 6 nitrogen and oxygen atoms in total. The minimum atomic E-state index is -0.613. The topological polar surface area (TPSA) is 74.6 Å². The highest BCUT2D eigenvalue weighted by molar-refractivity contribution is 6.39. The molecule has 1 fully saturated rings. The average molecular weight is 383 g/mol. The van der Waals surface area contributed by atoms with Crippen molar-refractivity contribution in [1.82, 2.24) is 10.2 Å². The predicted molar refractivity (Wildman–Crippen MR) is 109 cm³/mol. The van der Waals surface area contributed by atoms with E-state index in [0.717, 1.165) is 49.6 Å². The van der Waals surface area contributed by atoms with Crippen molar-refractivity contribution in [1.29, 1.82) is 0 Å². The van der Waals surface area contributed by atoms with Crippen LogP contribution in [0.15, 0.2) is 34.7 Å². The highest BCUT2D eigenvalue weighted by atomic mass is 16.3. The molecule has 0 saturated carbocycles. The van der Waals surface area contributed by atoms with Crippen molar-refractivity contribution >= 4 is 17.5 Å². The molecule has 0 bridgehead atoms. The molecule has 1 aliphatic rings. The van der Waals surface area contributed by atoms with E-state index in [-0.39, 0.29) is 0 Å². The van der Waals surface area contributed by atoms with Crippen LogP contribution in [0.3, 0.4) is 0 Å². The van der Waals surface area contributed by atoms with E-state index in [1.165, 1.54) is 5.56 Å². The molecule has 1 aromatic carbocycles. The summed E-state index contributed by atoms with van der Waals surface area (Å²) >= 11 is 0. The lowest BCUT2D eigenvalue weighted by Crippen LogP contribution is -2.41. The summed E-state index contributed by atoms with van der Waals surface area (Å²) in [6.45, 7) is 9.29. The van der Waals surface area contributed by atoms with Crippen LogP contribution < -0.4 is 10.6 Å². The van der Waals surface area contributed by atoms with Crippen LogP contribution in [0.2, 0.25) is 0 Å². The fourth-order valence-electron chi connectivity index (χ4n) is 3.64. The number of anilines is 1. The summed E-state index contributed by atoms with van der Waals surface area (Å²) < 4.78 is 5.60. The van der Waals surface area contributed by atoms with Crippen molar-refractivity contribution in [3.8, 4) is 0 Å². The Kier molecular flexibility index (Phi) is 6.52. The van der Waals surface area contributed by atoms with Crippen LogP contribution in [0.1, 0.15) is 35.5 Å². The minimum Gasteiger partial charge on any atom is -0.466 e. The number of furan rings is 1. The van der Waals surface area contributed by atoms with E-state index in [4.69, 9.17) is 4.42 Å². The molecule has 2 heterocycles. The van der Waals surface area contributed by atoms with Crippen LogP contribution in [0.4, 0.5) is 5.69 Å². The van der Waals surface area contributed by atoms with E-state index in [0.29, 0.717) is 18.2 Å². The van der Waals surface area contributed by atoms with E-state index in [1.807, 2.05) is 39.0 Å². The molecule has 3 rings (SSSR count). The molecule has 150 valence electrons. The third-order valence-electron chi connectivity index (χ3n) is 5.40. The second-order valence-electron chi connectivity index (χ2n) is 7.64. The van der Waals surface area contributed by atoms with Gasteiger partial charge in [-0.15, -0.1) is 0 Å². The average Bonchev–Trinajstić information content (AvgIpc) is 2.99. The Morgan fingerprint density at radius 3 is 2.46 bits per heavy atom. The fourth-order valence-corrected chi connectivity index (χ4v) is 3.64. The fraction of sp³-hybridized carbons (Fsp3) is 0.455. The Bertz CT molecular complexity index is 835. The maximum absolute atomic E-state index is 12.1. The SMILES string of the molecule is Cc1cc(CN2CCC(CNC(=O)C(=O)Nc3ccccc3C)CC2)c(C)o1. The van der Waals surface area contributed by atoms with E-state index >= 15 is 0 Å². The molecule has 0 radical (unpaired) electrons. The number of amides is 2. The molecule has 6 heteroatoms. The number of likely N-dealkylation sites (tertiary alicyclic amines) is 1. The lowest BCUT2D eigenvalue weighted by atomic mass is 9.96. The first-order chi connectivity index (χ1) is 13.4. The van der Waals surface area contributed by atoms with Gasteiger partial charge in [-0.2, -0.15) is 0 Å². The van der Waals surface area contributed by atoms with Gasteiger partial charge in [0.25, 0.3) is 0 Å². The normalized spacial score (nSPS) is 15.4. The number of hydrogen-bond donors (Lipinski definition) is 2. The standard InChI is InChI=1S/C22H29N3O3/c1-15-6-4-5-7-20(15)24-22(27)21(26)23-13-18-8-10-25(11-9-18)14-19-12-16(2)28-17(19)3/h4-7,12,18H,8-11,13-14H2,1-3H3,(H,23,26)(H,24,27). The van der Waals surface area contributed by atoms with Crippen molar-refractivity contribution in [2.45, 2.75) is 40.2 Å². The number of carbonyl (C=O) groups is 2. The molecule has 2 amide bonds. The van der Waals surface area contributed by atoms with Gasteiger partial charge in [0.1, 0.15) is 11.5 Å². The van der Waals surface area contributed by atoms with Gasteiger partial charge in [0.15, 0.2) is 0 Å². The first kappa shape index (κ1) is 20.1. The number of nitrogens with zero attached hydrogens (tertiary/aromatic N) is 1. The van der Waals surface area contributed by atoms with Gasteiger partial charge in [-0.25, -0.2) is 0 Å². The summed E-state index contributed by atoms with van der Waals surface area (Å²) in [5, 5.41) is 5.46. The summed E-state index contributed by atoms with van der Waals surface area (Å²) in [7, 11) is 0. The Morgan fingerprint density at radius 1 is 1.11 bits per heavy atom. The minimum absolute atomic E-state index is 0.402. The van der Waals surface area contributed by atoms with Gasteiger partial charge >= 0.3 is 11.8 Å². The molecule has 1 aliphatic heterocycles. The smallest absolute Gasteiger partial charge is 0.313 e. The van der Waals surface area contributed by atoms with Crippen molar-refractivity contribution in [2.24, 2.45) is 5.92 Å². The Labute approximate surface area is 166 Å². The quantitative estimate of drug-likeness (QED) is 0.778. The molecule has 1 saturated heterocycles. The van der Waals surface area contributed by atoms with Gasteiger partial charge in [-0.3, -0.25) is 14.5 Å². The lowest BCUT2D eigenvalue weighted by molar-refractivity contribution is -0.136. The zero-order valence-electron chi connectivity index (χ0n) is 16.9. The Balaban J connectivity index is 1.40. The second-order valence-corrected chi connectivity index (χ2v) is 7.64. The first-order valence-corrected chi connectivity index (χ1v) is 9.85. The Hall–Kier alpha value is -2.60. The van der Waals surface area contributed by atoms with Gasteiger partial charge in [-0.05, 0) is 70.3 Å². The summed E-state index contributed by atoms with van der Waals surface area (Å²) in [6.07, 6.45) is 2.02. The van der Waals surface area contributed by atoms with Crippen molar-refractivity contribution in [2.75, 3.05) is 25.0 Å². The summed E-state index contributed by atoms with van der Waals surface area (Å²) in [6, 6.07) is 9.52. The maximum atomic E-state index is 12.1. The van der Waals surface area contributed by atoms with E-state index < -0.39 is 11.8 Å². The van der Waals surface area contributed by atoms with Crippen LogP contribution in [-0.2, 0) is 16.1 Å². The Morgan fingerprint density at radius 2 is 1.82 bits per heavy atom. The van der Waals surface area contributed by atoms with Crippen LogP contribution in [0, 0.1) is 26.7 Å². The molecule has 1 aromatic heterocycles. The summed E-state index contributed by atoms with van der Waals surface area (Å²) in [5.41, 5.74) is 2.84. The number of hydrogen-bond acceptors (Lipinski definition) is 4. The van der Waals surface area contributed by atoms with E-state index in [2.05, 4.69) is 21.6 Å². The highest BCUT2D eigenvalue weighted by Gasteiger charge is 2.22. The number of carbonyl (C=O) groups excluding carboxylic acids is 2. The van der Waals surface area contributed by atoms with Crippen molar-refractivity contribution in [3.63, 3.8) is 0 Å². The number of aryl methyl sites for hydroxylation is 3. The van der Waals surface area contributed by atoms with Crippen LogP contribution in [0.5, 0.6) is 0 Å². The zero-order valence-corrected chi connectivity index (χ0v) is 16.9. The molecular formula is C22H29N3O3. The number of rotatable bonds is 5. The number of nitrogens with one attached hydrogen (secondary N) is 2. The van der Waals surface area contributed by atoms with Crippen molar-refractivity contribution in [3.05, 3.63) is 53.0 Å². The highest BCUT2D eigenvalue weighted by Crippen LogP contribution is 2.21. The number of piperidine rings is 1. The second kappa shape index (κ2) is 9.06. The molecular weight excluding hydrogens is 354 g/mol. The molecule has 28 heavy (non-hydrogen) atoms. The number of para-hydroxylation sites is 1. The maximum Gasteiger partial charge on any atom is 0.313 e. The molecule has 0 aliphatic carbocycles. The van der Waals surface area contributed by atoms with Crippen LogP contribution >= 0.6 is 0 Å².